The summed E-state index contributed by atoms with van der Waals surface area (Å²) in [4.78, 5) is 41.8. The first kappa shape index (κ1) is 33.8. The number of unbranched alkanes of at least 4 members (excludes halogenated alkanes) is 1. The number of nitrogens with one attached hydrogen (secondary N) is 2. The Bertz CT molecular complexity index is 881. The van der Waals surface area contributed by atoms with E-state index in [1.165, 1.54) is 14.0 Å². The van der Waals surface area contributed by atoms with Crippen LogP contribution in [0.15, 0.2) is 12.5 Å². The number of aliphatic hydroxyl groups excluding tert-OH is 4. The smallest absolute Gasteiger partial charge is 0.328 e. The second-order valence-corrected chi connectivity index (χ2v) is 11.6. The average Bonchev–Trinajstić information content (AvgIpc) is 3.38. The van der Waals surface area contributed by atoms with Gasteiger partial charge in [-0.05, 0) is 72.9 Å². The van der Waals surface area contributed by atoms with E-state index >= 15 is 0 Å². The fraction of sp³-hybridized carbons (Fsp3) is 0.815. The van der Waals surface area contributed by atoms with Gasteiger partial charge in [-0.15, -0.1) is 0 Å². The van der Waals surface area contributed by atoms with Crippen molar-refractivity contribution in [3.05, 3.63) is 12.5 Å². The Hall–Kier alpha value is -2.45. The number of hydrogen-bond donors (Lipinski definition) is 6. The van der Waals surface area contributed by atoms with Gasteiger partial charge in [0.1, 0.15) is 35.9 Å². The minimum absolute atomic E-state index is 0.0821. The molecule has 2 amide bonds. The van der Waals surface area contributed by atoms with Gasteiger partial charge in [0.05, 0.1) is 25.9 Å². The van der Waals surface area contributed by atoms with E-state index in [9.17, 15) is 34.8 Å². The third-order valence-electron chi connectivity index (χ3n) is 7.25. The molecule has 7 atom stereocenters. The van der Waals surface area contributed by atoms with Gasteiger partial charge in [-0.2, -0.15) is 0 Å². The Kier molecular flexibility index (Phi) is 12.6. The van der Waals surface area contributed by atoms with Gasteiger partial charge in [-0.1, -0.05) is 0 Å². The molecule has 230 valence electrons. The van der Waals surface area contributed by atoms with E-state index in [1.807, 2.05) is 20.8 Å². The first-order chi connectivity index (χ1) is 18.7. The zero-order valence-electron chi connectivity index (χ0n) is 24.3. The van der Waals surface area contributed by atoms with Crippen molar-refractivity contribution >= 4 is 17.8 Å². The second-order valence-electron chi connectivity index (χ2n) is 11.6. The van der Waals surface area contributed by atoms with E-state index in [-0.39, 0.29) is 25.5 Å². The molecule has 13 nitrogen and oxygen atoms in total. The number of aliphatic hydroxyl groups is 4. The van der Waals surface area contributed by atoms with E-state index in [1.54, 1.807) is 9.80 Å². The van der Waals surface area contributed by atoms with E-state index in [4.69, 9.17) is 9.47 Å². The summed E-state index contributed by atoms with van der Waals surface area (Å²) in [5.41, 5.74) is -0.485. The summed E-state index contributed by atoms with van der Waals surface area (Å²) in [6, 6.07) is -3.13. The molecule has 40 heavy (non-hydrogen) atoms. The number of esters is 1. The SMILES string of the molecule is C=C(OC(C)(C)C)N1CCC[C@H]1C(=O)N[C@@H](CCCCN1CC(O)[C@@H](O)C(O)[C@H]1CO)C(=O)N[C@@H](C)C(=O)OC. The topological polar surface area (TPSA) is 181 Å². The minimum atomic E-state index is -1.34. The van der Waals surface area contributed by atoms with Crippen LogP contribution in [0.5, 0.6) is 0 Å². The van der Waals surface area contributed by atoms with Gasteiger partial charge in [0.15, 0.2) is 5.88 Å². The number of β-amino-alcohol motifs (C(OH)–C–C–N with tert-alkyl or cyclic N) is 1. The molecule has 13 heteroatoms. The van der Waals surface area contributed by atoms with Crippen LogP contribution < -0.4 is 10.6 Å². The van der Waals surface area contributed by atoms with Crippen molar-refractivity contribution in [2.45, 2.75) is 108 Å². The molecule has 2 aliphatic rings. The van der Waals surface area contributed by atoms with E-state index in [0.29, 0.717) is 38.2 Å². The number of carbonyl (C=O) groups is 3. The normalized spacial score (nSPS) is 27.0. The lowest BCUT2D eigenvalue weighted by Crippen LogP contribution is -2.62. The molecule has 0 saturated carbocycles. The second kappa shape index (κ2) is 15.0. The lowest BCUT2D eigenvalue weighted by Gasteiger charge is -2.43. The lowest BCUT2D eigenvalue weighted by atomic mass is 9.94. The molecule has 0 aromatic carbocycles. The third-order valence-corrected chi connectivity index (χ3v) is 7.25. The standard InChI is InChI=1S/C27H48N4O9/c1-16(26(38)39-6)28-24(36)18(10-7-8-12-30-14-21(33)23(35)22(34)20(30)15-32)29-25(37)19-11-9-13-31(19)17(2)40-27(3,4)5/h16,18-23,32-35H,2,7-15H2,1,3-6H3,(H,28,36)(H,29,37)/t16-,18-,19-,20+,21?,22?,23+/m0/s1. The highest BCUT2D eigenvalue weighted by atomic mass is 16.5. The highest BCUT2D eigenvalue weighted by Crippen LogP contribution is 2.26. The summed E-state index contributed by atoms with van der Waals surface area (Å²) >= 11 is 0. The summed E-state index contributed by atoms with van der Waals surface area (Å²) in [5, 5.41) is 45.3. The van der Waals surface area contributed by atoms with Crippen LogP contribution in [-0.4, -0.2) is 129 Å². The maximum Gasteiger partial charge on any atom is 0.328 e. The number of rotatable bonds is 13. The molecule has 2 saturated heterocycles. The highest BCUT2D eigenvalue weighted by molar-refractivity contribution is 5.92. The van der Waals surface area contributed by atoms with E-state index in [2.05, 4.69) is 17.2 Å². The fourth-order valence-corrected chi connectivity index (χ4v) is 5.14. The zero-order valence-corrected chi connectivity index (χ0v) is 24.3. The number of carbonyl (C=O) groups excluding carboxylic acids is 3. The molecule has 2 unspecified atom stereocenters. The summed E-state index contributed by atoms with van der Waals surface area (Å²) in [5.74, 6) is -1.10. The number of ether oxygens (including phenoxy) is 2. The van der Waals surface area contributed by atoms with Gasteiger partial charge in [0.2, 0.25) is 11.8 Å². The van der Waals surface area contributed by atoms with Gasteiger partial charge in [-0.25, -0.2) is 4.79 Å². The minimum Gasteiger partial charge on any atom is -0.474 e. The molecule has 0 spiro atoms. The number of methoxy groups -OCH3 is 1. The first-order valence-corrected chi connectivity index (χ1v) is 13.9. The van der Waals surface area contributed by atoms with Gasteiger partial charge in [0, 0.05) is 13.1 Å². The van der Waals surface area contributed by atoms with Gasteiger partial charge >= 0.3 is 5.97 Å². The van der Waals surface area contributed by atoms with Crippen molar-refractivity contribution in [1.29, 1.82) is 0 Å². The lowest BCUT2D eigenvalue weighted by molar-refractivity contribution is -0.145. The first-order valence-electron chi connectivity index (χ1n) is 13.9. The monoisotopic (exact) mass is 572 g/mol. The number of amides is 2. The molecule has 0 aliphatic carbocycles. The summed E-state index contributed by atoms with van der Waals surface area (Å²) in [6.07, 6.45) is -1.21. The Labute approximate surface area is 236 Å². The van der Waals surface area contributed by atoms with Crippen molar-refractivity contribution in [2.75, 3.05) is 33.4 Å². The predicted octanol–water partition coefficient (Wildman–Crippen LogP) is -1.17. The Morgan fingerprint density at radius 3 is 2.38 bits per heavy atom. The molecule has 2 aliphatic heterocycles. The van der Waals surface area contributed by atoms with Crippen LogP contribution in [0.1, 0.15) is 59.8 Å². The Morgan fingerprint density at radius 2 is 1.77 bits per heavy atom. The molecule has 2 rings (SSSR count). The van der Waals surface area contributed by atoms with E-state index < -0.39 is 60.0 Å². The number of piperidine rings is 1. The van der Waals surface area contributed by atoms with Crippen LogP contribution in [0, 0.1) is 0 Å². The molecule has 0 bridgehead atoms. The van der Waals surface area contributed by atoms with Crippen molar-refractivity contribution in [3.8, 4) is 0 Å². The van der Waals surface area contributed by atoms with Crippen LogP contribution in [-0.2, 0) is 23.9 Å². The molecule has 2 heterocycles. The molecule has 2 fully saturated rings. The fourth-order valence-electron chi connectivity index (χ4n) is 5.14. The molecule has 0 aromatic rings. The molecular formula is C27H48N4O9. The molecule has 6 N–H and O–H groups in total. The summed E-state index contributed by atoms with van der Waals surface area (Å²) < 4.78 is 10.6. The van der Waals surface area contributed by atoms with Gasteiger partial charge in [-0.3, -0.25) is 14.5 Å². The van der Waals surface area contributed by atoms with Crippen molar-refractivity contribution in [2.24, 2.45) is 0 Å². The summed E-state index contributed by atoms with van der Waals surface area (Å²) in [6.45, 7) is 11.8. The largest absolute Gasteiger partial charge is 0.474 e. The van der Waals surface area contributed by atoms with Crippen LogP contribution >= 0.6 is 0 Å². The maximum absolute atomic E-state index is 13.3. The van der Waals surface area contributed by atoms with Crippen LogP contribution in [0.3, 0.4) is 0 Å². The number of likely N-dealkylation sites (tertiary alicyclic amines) is 2. The quantitative estimate of drug-likeness (QED) is 0.0889. The molecule has 0 radical (unpaired) electrons. The third kappa shape index (κ3) is 9.30. The van der Waals surface area contributed by atoms with Crippen molar-refractivity contribution in [3.63, 3.8) is 0 Å². The number of hydrogen-bond acceptors (Lipinski definition) is 11. The van der Waals surface area contributed by atoms with Crippen LogP contribution in [0.4, 0.5) is 0 Å². The van der Waals surface area contributed by atoms with Crippen molar-refractivity contribution in [1.82, 2.24) is 20.4 Å². The van der Waals surface area contributed by atoms with Gasteiger partial charge < -0.3 is 45.4 Å². The van der Waals surface area contributed by atoms with Crippen LogP contribution in [0.25, 0.3) is 0 Å². The molecular weight excluding hydrogens is 524 g/mol. The Morgan fingerprint density at radius 1 is 1.10 bits per heavy atom. The van der Waals surface area contributed by atoms with Crippen LogP contribution in [0.2, 0.25) is 0 Å². The van der Waals surface area contributed by atoms with Gasteiger partial charge in [0.25, 0.3) is 0 Å². The molecule has 0 aromatic heterocycles. The number of nitrogens with zero attached hydrogens (tertiary/aromatic N) is 2. The highest BCUT2D eigenvalue weighted by Gasteiger charge is 2.41. The Balaban J connectivity index is 2.05. The predicted molar refractivity (Wildman–Crippen MR) is 146 cm³/mol. The van der Waals surface area contributed by atoms with Crippen molar-refractivity contribution < 1.29 is 44.3 Å². The average molecular weight is 573 g/mol. The summed E-state index contributed by atoms with van der Waals surface area (Å²) in [7, 11) is 1.22. The maximum atomic E-state index is 13.3. The zero-order chi connectivity index (χ0) is 30.2. The van der Waals surface area contributed by atoms with E-state index in [0.717, 1.165) is 6.42 Å².